The molecule has 1 aromatic heterocycles. The van der Waals surface area contributed by atoms with Crippen LogP contribution in [0.4, 0.5) is 5.95 Å². The first-order valence-corrected chi connectivity index (χ1v) is 11.4. The van der Waals surface area contributed by atoms with Gasteiger partial charge in [-0.2, -0.15) is 11.8 Å². The Morgan fingerprint density at radius 3 is 2.43 bits per heavy atom. The second kappa shape index (κ2) is 9.92. The molecule has 1 aliphatic heterocycles. The number of thioether (sulfide) groups is 1. The van der Waals surface area contributed by atoms with Gasteiger partial charge in [-0.1, -0.05) is 30.3 Å². The average Bonchev–Trinajstić information content (AvgIpc) is 2.70. The molecule has 2 heterocycles. The van der Waals surface area contributed by atoms with Gasteiger partial charge in [0, 0.05) is 24.5 Å². The third-order valence-corrected chi connectivity index (χ3v) is 5.92. The predicted molar refractivity (Wildman–Crippen MR) is 117 cm³/mol. The van der Waals surface area contributed by atoms with E-state index in [0.29, 0.717) is 11.9 Å². The van der Waals surface area contributed by atoms with E-state index in [1.165, 1.54) is 5.56 Å². The standard InChI is InChI=1S/C22H30N4OS/c1-16-15-17(2)24-22(23-16)25-20(11-14-28-3)21(27)26-12-9-19(10-13-26)18-7-5-4-6-8-18/h4-8,15,19-20H,9-14H2,1-3H3,(H,23,24,25)/t20-/m1/s1. The van der Waals surface area contributed by atoms with Crippen LogP contribution in [-0.2, 0) is 4.79 Å². The summed E-state index contributed by atoms with van der Waals surface area (Å²) in [5.41, 5.74) is 3.21. The van der Waals surface area contributed by atoms with Gasteiger partial charge in [0.1, 0.15) is 6.04 Å². The Morgan fingerprint density at radius 2 is 1.82 bits per heavy atom. The van der Waals surface area contributed by atoms with Crippen molar-refractivity contribution in [1.82, 2.24) is 14.9 Å². The van der Waals surface area contributed by atoms with E-state index < -0.39 is 0 Å². The number of benzene rings is 1. The van der Waals surface area contributed by atoms with Gasteiger partial charge in [0.15, 0.2) is 0 Å². The summed E-state index contributed by atoms with van der Waals surface area (Å²) in [5.74, 6) is 2.19. The quantitative estimate of drug-likeness (QED) is 0.763. The SMILES string of the molecule is CSCC[C@@H](Nc1nc(C)cc(C)n1)C(=O)N1CCC(c2ccccc2)CC1. The zero-order valence-corrected chi connectivity index (χ0v) is 17.8. The fourth-order valence-electron chi connectivity index (χ4n) is 3.82. The number of carbonyl (C=O) groups is 1. The summed E-state index contributed by atoms with van der Waals surface area (Å²) in [6.07, 6.45) is 4.88. The Bertz CT molecular complexity index is 755. The van der Waals surface area contributed by atoms with Crippen LogP contribution in [0.3, 0.4) is 0 Å². The van der Waals surface area contributed by atoms with Crippen LogP contribution < -0.4 is 5.32 Å². The molecule has 1 amide bonds. The van der Waals surface area contributed by atoms with Crippen molar-refractivity contribution in [2.24, 2.45) is 0 Å². The number of anilines is 1. The number of carbonyl (C=O) groups excluding carboxylic acids is 1. The van der Waals surface area contributed by atoms with Gasteiger partial charge in [-0.15, -0.1) is 0 Å². The van der Waals surface area contributed by atoms with Gasteiger partial charge >= 0.3 is 0 Å². The van der Waals surface area contributed by atoms with Gasteiger partial charge in [0.2, 0.25) is 11.9 Å². The van der Waals surface area contributed by atoms with E-state index in [1.807, 2.05) is 24.8 Å². The summed E-state index contributed by atoms with van der Waals surface area (Å²) < 4.78 is 0. The second-order valence-electron chi connectivity index (χ2n) is 7.46. The van der Waals surface area contributed by atoms with Crippen molar-refractivity contribution < 1.29 is 4.79 Å². The van der Waals surface area contributed by atoms with Gasteiger partial charge in [-0.3, -0.25) is 4.79 Å². The first-order chi connectivity index (χ1) is 13.6. The van der Waals surface area contributed by atoms with Gasteiger partial charge in [-0.05, 0) is 62.7 Å². The van der Waals surface area contributed by atoms with Crippen LogP contribution in [0.25, 0.3) is 0 Å². The third-order valence-electron chi connectivity index (χ3n) is 5.27. The molecule has 1 aromatic carbocycles. The van der Waals surface area contributed by atoms with Crippen molar-refractivity contribution in [1.29, 1.82) is 0 Å². The van der Waals surface area contributed by atoms with Crippen LogP contribution >= 0.6 is 11.8 Å². The first-order valence-electron chi connectivity index (χ1n) is 9.98. The minimum Gasteiger partial charge on any atom is -0.342 e. The molecule has 0 saturated carbocycles. The maximum absolute atomic E-state index is 13.2. The molecule has 5 nitrogen and oxygen atoms in total. The Hall–Kier alpha value is -2.08. The highest BCUT2D eigenvalue weighted by atomic mass is 32.2. The third kappa shape index (κ3) is 5.47. The number of amides is 1. The number of nitrogens with one attached hydrogen (secondary N) is 1. The Balaban J connectivity index is 1.64. The number of likely N-dealkylation sites (tertiary alicyclic amines) is 1. The summed E-state index contributed by atoms with van der Waals surface area (Å²) in [6, 6.07) is 12.3. The van der Waals surface area contributed by atoms with Crippen molar-refractivity contribution in [3.63, 3.8) is 0 Å². The van der Waals surface area contributed by atoms with Crippen molar-refractivity contribution in [2.75, 3.05) is 30.4 Å². The smallest absolute Gasteiger partial charge is 0.245 e. The zero-order valence-electron chi connectivity index (χ0n) is 17.0. The number of rotatable bonds is 7. The van der Waals surface area contributed by atoms with E-state index in [4.69, 9.17) is 0 Å². The Kier molecular flexibility index (Phi) is 7.31. The molecule has 2 aromatic rings. The lowest BCUT2D eigenvalue weighted by atomic mass is 9.89. The van der Waals surface area contributed by atoms with Crippen molar-refractivity contribution in [2.45, 2.75) is 45.1 Å². The second-order valence-corrected chi connectivity index (χ2v) is 8.45. The highest BCUT2D eigenvalue weighted by molar-refractivity contribution is 7.98. The fourth-order valence-corrected chi connectivity index (χ4v) is 4.29. The molecule has 1 aliphatic rings. The highest BCUT2D eigenvalue weighted by Gasteiger charge is 2.29. The van der Waals surface area contributed by atoms with Gasteiger partial charge in [0.25, 0.3) is 0 Å². The maximum Gasteiger partial charge on any atom is 0.245 e. The number of hydrogen-bond acceptors (Lipinski definition) is 5. The number of hydrogen-bond donors (Lipinski definition) is 1. The number of nitrogens with zero attached hydrogens (tertiary/aromatic N) is 3. The monoisotopic (exact) mass is 398 g/mol. The lowest BCUT2D eigenvalue weighted by Gasteiger charge is -2.34. The summed E-state index contributed by atoms with van der Waals surface area (Å²) in [7, 11) is 0. The fraction of sp³-hybridized carbons (Fsp3) is 0.500. The molecule has 0 radical (unpaired) electrons. The van der Waals surface area contributed by atoms with Crippen molar-refractivity contribution in [3.8, 4) is 0 Å². The topological polar surface area (TPSA) is 58.1 Å². The molecule has 28 heavy (non-hydrogen) atoms. The number of aromatic nitrogens is 2. The number of aryl methyl sites for hydroxylation is 2. The van der Waals surface area contributed by atoms with E-state index >= 15 is 0 Å². The molecule has 0 spiro atoms. The largest absolute Gasteiger partial charge is 0.342 e. The molecule has 0 aliphatic carbocycles. The van der Waals surface area contributed by atoms with Crippen molar-refractivity contribution in [3.05, 3.63) is 53.3 Å². The molecule has 3 rings (SSSR count). The molecule has 6 heteroatoms. The molecular weight excluding hydrogens is 368 g/mol. The molecule has 0 bridgehead atoms. The minimum absolute atomic E-state index is 0.170. The van der Waals surface area contributed by atoms with E-state index in [-0.39, 0.29) is 11.9 Å². The normalized spacial score (nSPS) is 16.0. The van der Waals surface area contributed by atoms with Crippen LogP contribution in [0.2, 0.25) is 0 Å². The highest BCUT2D eigenvalue weighted by Crippen LogP contribution is 2.28. The van der Waals surface area contributed by atoms with E-state index in [2.05, 4.69) is 51.9 Å². The van der Waals surface area contributed by atoms with E-state index in [0.717, 1.165) is 49.5 Å². The molecule has 1 atom stereocenters. The molecule has 150 valence electrons. The number of piperidine rings is 1. The molecule has 1 N–H and O–H groups in total. The van der Waals surface area contributed by atoms with Crippen molar-refractivity contribution >= 4 is 23.6 Å². The Labute approximate surface area is 172 Å². The van der Waals surface area contributed by atoms with Crippen LogP contribution in [-0.4, -0.2) is 51.9 Å². The molecular formula is C22H30N4OS. The molecule has 0 unspecified atom stereocenters. The van der Waals surface area contributed by atoms with Gasteiger partial charge in [-0.25, -0.2) is 9.97 Å². The van der Waals surface area contributed by atoms with Gasteiger partial charge < -0.3 is 10.2 Å². The van der Waals surface area contributed by atoms with Crippen LogP contribution in [0.15, 0.2) is 36.4 Å². The Morgan fingerprint density at radius 1 is 1.18 bits per heavy atom. The van der Waals surface area contributed by atoms with Crippen LogP contribution in [0.1, 0.15) is 42.1 Å². The molecule has 1 fully saturated rings. The summed E-state index contributed by atoms with van der Waals surface area (Å²) >= 11 is 1.76. The van der Waals surface area contributed by atoms with E-state index in [9.17, 15) is 4.79 Å². The average molecular weight is 399 g/mol. The summed E-state index contributed by atoms with van der Waals surface area (Å²) in [5, 5.41) is 3.31. The maximum atomic E-state index is 13.2. The predicted octanol–water partition coefficient (Wildman–Crippen LogP) is 4.03. The van der Waals surface area contributed by atoms with Crippen LogP contribution in [0.5, 0.6) is 0 Å². The lowest BCUT2D eigenvalue weighted by molar-refractivity contribution is -0.133. The lowest BCUT2D eigenvalue weighted by Crippen LogP contribution is -2.46. The summed E-state index contributed by atoms with van der Waals surface area (Å²) in [6.45, 7) is 5.52. The van der Waals surface area contributed by atoms with E-state index in [1.54, 1.807) is 11.8 Å². The first kappa shape index (κ1) is 20.6. The van der Waals surface area contributed by atoms with Gasteiger partial charge in [0.05, 0.1) is 0 Å². The zero-order chi connectivity index (χ0) is 19.9. The minimum atomic E-state index is -0.276. The molecule has 1 saturated heterocycles. The summed E-state index contributed by atoms with van der Waals surface area (Å²) in [4.78, 5) is 24.2. The van der Waals surface area contributed by atoms with Crippen LogP contribution in [0, 0.1) is 13.8 Å².